The maximum absolute atomic E-state index is 15.1. The molecule has 5 heterocycles. The second-order valence-electron chi connectivity index (χ2n) is 12.4. The molecule has 0 spiro atoms. The number of amides is 1. The summed E-state index contributed by atoms with van der Waals surface area (Å²) in [5.41, 5.74) is 0.669. The summed E-state index contributed by atoms with van der Waals surface area (Å²) in [6, 6.07) is 13.1. The van der Waals surface area contributed by atoms with E-state index in [1.807, 2.05) is 0 Å². The van der Waals surface area contributed by atoms with E-state index in [4.69, 9.17) is 47.3 Å². The van der Waals surface area contributed by atoms with E-state index in [1.165, 1.54) is 47.4 Å². The lowest BCUT2D eigenvalue weighted by molar-refractivity contribution is -0.605. The predicted octanol–water partition coefficient (Wildman–Crippen LogP) is 7.91. The van der Waals surface area contributed by atoms with Crippen molar-refractivity contribution in [3.63, 3.8) is 0 Å². The zero-order valence-corrected chi connectivity index (χ0v) is 31.6. The van der Waals surface area contributed by atoms with Crippen LogP contribution < -0.4 is 19.1 Å². The van der Waals surface area contributed by atoms with Gasteiger partial charge >= 0.3 is 18.7 Å². The van der Waals surface area contributed by atoms with Crippen molar-refractivity contribution in [1.29, 1.82) is 0 Å². The number of anilines is 1. The number of halogens is 5. The van der Waals surface area contributed by atoms with Gasteiger partial charge in [-0.25, -0.2) is 14.0 Å². The third-order valence-corrected chi connectivity index (χ3v) is 10.6. The Bertz CT molecular complexity index is 1940. The van der Waals surface area contributed by atoms with E-state index in [2.05, 4.69) is 9.64 Å². The molecule has 0 aliphatic carbocycles. The number of carbonyl (C=O) groups is 3. The normalized spacial score (nSPS) is 17.8. The van der Waals surface area contributed by atoms with Crippen LogP contribution in [0.2, 0.25) is 10.0 Å². The molecule has 55 heavy (non-hydrogen) atoms. The highest BCUT2D eigenvalue weighted by Gasteiger charge is 2.38. The van der Waals surface area contributed by atoms with Gasteiger partial charge in [0.15, 0.2) is 23.9 Å². The number of pyridine rings is 1. The van der Waals surface area contributed by atoms with Gasteiger partial charge in [0.25, 0.3) is 6.47 Å². The number of para-hydroxylation sites is 1. The molecule has 18 heteroatoms. The standard InChI is InChI=1S/C36H34Cl2F3N3O7S.CH2O2/c1-2-48-31-15-22(7-9-29(31)50-35(40)41)30(16-24-25(37)18-43(47)19-26(24)38)49-34(45)33-10-8-23(52-33)17-44(28-6-4-3-5-27(28)39)36(46)51-32-20-42-13-11-21(32)12-14-42;2-1-3/h3-10,15,18-19,21,30,32,35H,2,11-14,16-17,20H2,1H3;1H,(H,2,3)/t30-,32-;/m0./s1. The van der Waals surface area contributed by atoms with Crippen LogP contribution in [-0.2, 0) is 27.2 Å². The van der Waals surface area contributed by atoms with Crippen LogP contribution in [0.4, 0.5) is 23.7 Å². The second-order valence-corrected chi connectivity index (χ2v) is 14.4. The number of ether oxygens (including phenoxy) is 4. The molecule has 2 bridgehead atoms. The Morgan fingerprint density at radius 3 is 2.40 bits per heavy atom. The molecule has 1 N–H and O–H groups in total. The molecule has 3 aliphatic heterocycles. The first-order chi connectivity index (χ1) is 26.4. The molecule has 1 amide bonds. The van der Waals surface area contributed by atoms with Gasteiger partial charge in [0, 0.05) is 23.4 Å². The van der Waals surface area contributed by atoms with E-state index in [0.29, 0.717) is 27.3 Å². The Morgan fingerprint density at radius 1 is 1.09 bits per heavy atom. The lowest BCUT2D eigenvalue weighted by Crippen LogP contribution is -2.53. The average Bonchev–Trinajstić information content (AvgIpc) is 3.62. The third kappa shape index (κ3) is 10.7. The van der Waals surface area contributed by atoms with Gasteiger partial charge in [-0.05, 0) is 80.7 Å². The maximum atomic E-state index is 15.1. The van der Waals surface area contributed by atoms with Crippen molar-refractivity contribution in [3.8, 4) is 11.5 Å². The van der Waals surface area contributed by atoms with Crippen LogP contribution in [-0.4, -0.2) is 67.5 Å². The number of rotatable bonds is 13. The van der Waals surface area contributed by atoms with Gasteiger partial charge in [-0.3, -0.25) is 14.6 Å². The Balaban J connectivity index is 0.00000187. The van der Waals surface area contributed by atoms with Gasteiger partial charge in [0.2, 0.25) is 0 Å². The van der Waals surface area contributed by atoms with Crippen molar-refractivity contribution in [2.24, 2.45) is 5.92 Å². The summed E-state index contributed by atoms with van der Waals surface area (Å²) >= 11 is 13.8. The summed E-state index contributed by atoms with van der Waals surface area (Å²) < 4.78 is 63.7. The number of fused-ring (bicyclic) bond motifs is 3. The fraction of sp³-hybridized carbons (Fsp3) is 0.351. The summed E-state index contributed by atoms with van der Waals surface area (Å²) in [6.45, 7) is 0.895. The Kier molecular flexibility index (Phi) is 14.5. The first-order valence-corrected chi connectivity index (χ1v) is 18.6. The minimum atomic E-state index is -3.11. The topological polar surface area (TPSA) is 142 Å². The molecule has 2 atom stereocenters. The van der Waals surface area contributed by atoms with E-state index >= 15 is 4.39 Å². The summed E-state index contributed by atoms with van der Waals surface area (Å²) in [5, 5.41) is 18.8. The van der Waals surface area contributed by atoms with Crippen LogP contribution in [0.25, 0.3) is 0 Å². The minimum absolute atomic E-state index is 0.0132. The van der Waals surface area contributed by atoms with Gasteiger partial charge in [-0.2, -0.15) is 13.5 Å². The largest absolute Gasteiger partial charge is 0.619 e. The second kappa shape index (κ2) is 19.2. The van der Waals surface area contributed by atoms with E-state index in [9.17, 15) is 23.6 Å². The number of hydrogen-bond donors (Lipinski definition) is 1. The van der Waals surface area contributed by atoms with Crippen molar-refractivity contribution in [3.05, 3.63) is 109 Å². The van der Waals surface area contributed by atoms with Gasteiger partial charge in [-0.1, -0.05) is 41.4 Å². The third-order valence-electron chi connectivity index (χ3n) is 8.94. The van der Waals surface area contributed by atoms with E-state index in [0.717, 1.165) is 49.7 Å². The number of hydrogen-bond acceptors (Lipinski definition) is 10. The van der Waals surface area contributed by atoms with E-state index < -0.39 is 30.6 Å². The van der Waals surface area contributed by atoms with Gasteiger partial charge in [-0.15, -0.1) is 11.3 Å². The molecular formula is C37H36Cl2F3N3O9S. The zero-order chi connectivity index (χ0) is 39.6. The first-order valence-electron chi connectivity index (χ1n) is 17.0. The SMILES string of the molecule is CCOc1cc([C@H](Cc2c(Cl)c[n+]([O-])cc2Cl)OC(=O)c2ccc(CN(C(=O)O[C@H]3CN4CCC3CC4)c3ccccc3F)s2)ccc1OC(F)F.O=CO. The van der Waals surface area contributed by atoms with Crippen LogP contribution in [0.3, 0.4) is 0 Å². The molecule has 7 rings (SSSR count). The fourth-order valence-corrected chi connectivity index (χ4v) is 7.88. The molecule has 0 unspecified atom stereocenters. The lowest BCUT2D eigenvalue weighted by Gasteiger charge is -2.44. The average molecular weight is 827 g/mol. The molecule has 3 aliphatic rings. The summed E-state index contributed by atoms with van der Waals surface area (Å²) in [5.74, 6) is -1.36. The molecule has 12 nitrogen and oxygen atoms in total. The number of esters is 1. The molecule has 4 aromatic rings. The molecule has 0 saturated carbocycles. The van der Waals surface area contributed by atoms with E-state index in [-0.39, 0.29) is 70.2 Å². The van der Waals surface area contributed by atoms with Gasteiger partial charge in [0.1, 0.15) is 32.9 Å². The highest BCUT2D eigenvalue weighted by atomic mass is 35.5. The predicted molar refractivity (Wildman–Crippen MR) is 197 cm³/mol. The minimum Gasteiger partial charge on any atom is -0.619 e. The molecule has 3 fully saturated rings. The van der Waals surface area contributed by atoms with Crippen molar-refractivity contribution in [2.75, 3.05) is 31.1 Å². The van der Waals surface area contributed by atoms with Crippen molar-refractivity contribution < 1.29 is 56.3 Å². The van der Waals surface area contributed by atoms with Crippen LogP contribution in [0.1, 0.15) is 51.5 Å². The fourth-order valence-electron chi connectivity index (χ4n) is 6.40. The van der Waals surface area contributed by atoms with Crippen molar-refractivity contribution in [1.82, 2.24) is 4.90 Å². The maximum Gasteiger partial charge on any atom is 0.415 e. The molecule has 294 valence electrons. The van der Waals surface area contributed by atoms with Crippen molar-refractivity contribution >= 4 is 58.8 Å². The van der Waals surface area contributed by atoms with Crippen LogP contribution in [0.15, 0.2) is 67.0 Å². The monoisotopic (exact) mass is 825 g/mol. The molecule has 2 aromatic carbocycles. The number of nitrogens with zero attached hydrogens (tertiary/aromatic N) is 3. The zero-order valence-electron chi connectivity index (χ0n) is 29.2. The van der Waals surface area contributed by atoms with Crippen molar-refractivity contribution in [2.45, 2.75) is 51.6 Å². The summed E-state index contributed by atoms with van der Waals surface area (Å²) in [4.78, 5) is 39.9. The molecule has 0 radical (unpaired) electrons. The highest BCUT2D eigenvalue weighted by Crippen LogP contribution is 2.37. The first kappa shape index (κ1) is 41.4. The number of alkyl halides is 2. The van der Waals surface area contributed by atoms with E-state index in [1.54, 1.807) is 19.1 Å². The summed E-state index contributed by atoms with van der Waals surface area (Å²) in [6.07, 6.45) is 1.86. The van der Waals surface area contributed by atoms with Gasteiger partial charge in [0.05, 0.1) is 18.8 Å². The number of aromatic nitrogens is 1. The van der Waals surface area contributed by atoms with Crippen LogP contribution >= 0.6 is 34.5 Å². The highest BCUT2D eigenvalue weighted by molar-refractivity contribution is 7.14. The number of carboxylic acid groups (broad SMARTS) is 1. The lowest BCUT2D eigenvalue weighted by atomic mass is 9.86. The smallest absolute Gasteiger partial charge is 0.415 e. The molecule has 2 aromatic heterocycles. The Hall–Kier alpha value is -4.77. The quantitative estimate of drug-likeness (QED) is 0.0612. The van der Waals surface area contributed by atoms with Gasteiger partial charge < -0.3 is 29.3 Å². The Labute approximate surface area is 328 Å². The number of thiophene rings is 1. The number of benzene rings is 2. The summed E-state index contributed by atoms with van der Waals surface area (Å²) in [7, 11) is 0. The number of carbonyl (C=O) groups excluding carboxylic acids is 2. The Morgan fingerprint density at radius 2 is 1.78 bits per heavy atom. The van der Waals surface area contributed by atoms with Crippen LogP contribution in [0.5, 0.6) is 11.5 Å². The molecular weight excluding hydrogens is 790 g/mol. The molecule has 3 saturated heterocycles. The number of piperidine rings is 3. The van der Waals surface area contributed by atoms with Crippen LogP contribution in [0, 0.1) is 16.9 Å².